The highest BCUT2D eigenvalue weighted by Gasteiger charge is 2.26. The summed E-state index contributed by atoms with van der Waals surface area (Å²) in [7, 11) is -3.09. The summed E-state index contributed by atoms with van der Waals surface area (Å²) in [5, 5.41) is 0. The number of halogens is 2. The fraction of sp³-hybridized carbons (Fsp3) is 0.188. The first kappa shape index (κ1) is 18.7. The number of nitrogens with one attached hydrogen (secondary N) is 1. The molecule has 0 saturated heterocycles. The molecule has 134 valence electrons. The fourth-order valence-electron chi connectivity index (χ4n) is 1.87. The van der Waals surface area contributed by atoms with Crippen molar-refractivity contribution in [1.29, 1.82) is 0 Å². The number of carbonyl (C=O) groups is 1. The summed E-state index contributed by atoms with van der Waals surface area (Å²) in [6.07, 6.45) is -1.19. The molecule has 0 aliphatic carbocycles. The monoisotopic (exact) mass is 371 g/mol. The van der Waals surface area contributed by atoms with Gasteiger partial charge < -0.3 is 9.47 Å². The van der Waals surface area contributed by atoms with Crippen LogP contribution >= 0.6 is 0 Å². The van der Waals surface area contributed by atoms with Crippen LogP contribution in [0.25, 0.3) is 0 Å². The Morgan fingerprint density at radius 2 is 1.68 bits per heavy atom. The summed E-state index contributed by atoms with van der Waals surface area (Å²) < 4.78 is 62.8. The second kappa shape index (κ2) is 7.47. The van der Waals surface area contributed by atoms with Crippen LogP contribution in [0.3, 0.4) is 0 Å². The van der Waals surface area contributed by atoms with Crippen LogP contribution in [0, 0.1) is 11.6 Å². The van der Waals surface area contributed by atoms with E-state index in [1.807, 2.05) is 0 Å². The highest BCUT2D eigenvalue weighted by Crippen LogP contribution is 2.19. The molecule has 0 spiro atoms. The van der Waals surface area contributed by atoms with Gasteiger partial charge in [0.2, 0.25) is 0 Å². The molecule has 2 aromatic carbocycles. The van der Waals surface area contributed by atoms with Gasteiger partial charge in [0.15, 0.2) is 6.10 Å². The van der Waals surface area contributed by atoms with E-state index in [-0.39, 0.29) is 0 Å². The molecule has 0 aliphatic heterocycles. The van der Waals surface area contributed by atoms with Gasteiger partial charge in [-0.1, -0.05) is 0 Å². The SMILES string of the molecule is COc1ccc(O[C@H](C)C(=O)NS(=O)(=O)c2cc(F)ccc2F)cc1. The van der Waals surface area contributed by atoms with Crippen LogP contribution in [-0.2, 0) is 14.8 Å². The Bertz CT molecular complexity index is 869. The first-order valence-electron chi connectivity index (χ1n) is 7.05. The lowest BCUT2D eigenvalue weighted by atomic mass is 10.3. The van der Waals surface area contributed by atoms with Gasteiger partial charge in [0.1, 0.15) is 28.0 Å². The number of rotatable bonds is 6. The normalized spacial score (nSPS) is 12.3. The molecule has 1 atom stereocenters. The van der Waals surface area contributed by atoms with E-state index < -0.39 is 38.6 Å². The van der Waals surface area contributed by atoms with Crippen molar-refractivity contribution in [3.8, 4) is 11.5 Å². The maximum absolute atomic E-state index is 13.6. The molecule has 2 rings (SSSR count). The zero-order chi connectivity index (χ0) is 18.6. The van der Waals surface area contributed by atoms with Crippen LogP contribution in [0.4, 0.5) is 8.78 Å². The molecule has 6 nitrogen and oxygen atoms in total. The predicted molar refractivity (Wildman–Crippen MR) is 84.8 cm³/mol. The van der Waals surface area contributed by atoms with Gasteiger partial charge in [-0.3, -0.25) is 4.79 Å². The average molecular weight is 371 g/mol. The summed E-state index contributed by atoms with van der Waals surface area (Å²) in [6, 6.07) is 8.17. The van der Waals surface area contributed by atoms with Crippen LogP contribution in [0.2, 0.25) is 0 Å². The topological polar surface area (TPSA) is 81.7 Å². The first-order chi connectivity index (χ1) is 11.7. The third kappa shape index (κ3) is 4.66. The zero-order valence-corrected chi connectivity index (χ0v) is 14.1. The maximum atomic E-state index is 13.6. The smallest absolute Gasteiger partial charge is 0.274 e. The molecule has 0 radical (unpaired) electrons. The van der Waals surface area contributed by atoms with Gasteiger partial charge in [0.05, 0.1) is 7.11 Å². The van der Waals surface area contributed by atoms with Gasteiger partial charge >= 0.3 is 0 Å². The molecule has 0 aliphatic rings. The summed E-state index contributed by atoms with van der Waals surface area (Å²) in [6.45, 7) is 1.32. The minimum atomic E-state index is -4.58. The number of benzene rings is 2. The van der Waals surface area contributed by atoms with Gasteiger partial charge in [-0.2, -0.15) is 0 Å². The molecule has 0 aromatic heterocycles. The molecule has 1 N–H and O–H groups in total. The third-order valence-corrected chi connectivity index (χ3v) is 4.52. The lowest BCUT2D eigenvalue weighted by molar-refractivity contribution is -0.125. The highest BCUT2D eigenvalue weighted by molar-refractivity contribution is 7.90. The van der Waals surface area contributed by atoms with E-state index in [4.69, 9.17) is 9.47 Å². The number of hydrogen-bond acceptors (Lipinski definition) is 5. The van der Waals surface area contributed by atoms with Crippen molar-refractivity contribution < 1.29 is 31.5 Å². The van der Waals surface area contributed by atoms with E-state index in [9.17, 15) is 22.0 Å². The lowest BCUT2D eigenvalue weighted by Crippen LogP contribution is -2.40. The Morgan fingerprint density at radius 1 is 1.08 bits per heavy atom. The Morgan fingerprint density at radius 3 is 2.28 bits per heavy atom. The summed E-state index contributed by atoms with van der Waals surface area (Å²) >= 11 is 0. The second-order valence-electron chi connectivity index (χ2n) is 4.98. The van der Waals surface area contributed by atoms with Gasteiger partial charge in [-0.15, -0.1) is 0 Å². The van der Waals surface area contributed by atoms with E-state index in [0.717, 1.165) is 6.07 Å². The fourth-order valence-corrected chi connectivity index (χ4v) is 3.00. The predicted octanol–water partition coefficient (Wildman–Crippen LogP) is 2.25. The van der Waals surface area contributed by atoms with Crippen LogP contribution in [-0.4, -0.2) is 27.5 Å². The van der Waals surface area contributed by atoms with Crippen molar-refractivity contribution in [2.75, 3.05) is 7.11 Å². The van der Waals surface area contributed by atoms with Crippen molar-refractivity contribution >= 4 is 15.9 Å². The Balaban J connectivity index is 2.10. The Labute approximate surface area is 143 Å². The number of hydrogen-bond donors (Lipinski definition) is 1. The van der Waals surface area contributed by atoms with Crippen molar-refractivity contribution in [3.63, 3.8) is 0 Å². The molecule has 9 heteroatoms. The number of amides is 1. The first-order valence-corrected chi connectivity index (χ1v) is 8.53. The lowest BCUT2D eigenvalue weighted by Gasteiger charge is -2.15. The molecule has 1 amide bonds. The van der Waals surface area contributed by atoms with E-state index in [0.29, 0.717) is 23.6 Å². The van der Waals surface area contributed by atoms with E-state index in [1.165, 1.54) is 26.2 Å². The molecule has 25 heavy (non-hydrogen) atoms. The zero-order valence-electron chi connectivity index (χ0n) is 13.3. The molecule has 2 aromatic rings. The summed E-state index contributed by atoms with van der Waals surface area (Å²) in [4.78, 5) is 11.0. The van der Waals surface area contributed by atoms with Gasteiger partial charge in [-0.25, -0.2) is 21.9 Å². The van der Waals surface area contributed by atoms with Crippen LogP contribution in [0.15, 0.2) is 47.4 Å². The molecule has 0 heterocycles. The quantitative estimate of drug-likeness (QED) is 0.842. The van der Waals surface area contributed by atoms with Gasteiger partial charge in [-0.05, 0) is 49.4 Å². The van der Waals surface area contributed by atoms with Crippen molar-refractivity contribution in [2.45, 2.75) is 17.9 Å². The molecule has 0 bridgehead atoms. The van der Waals surface area contributed by atoms with Crippen molar-refractivity contribution in [2.24, 2.45) is 0 Å². The maximum Gasteiger partial charge on any atom is 0.274 e. The number of carbonyl (C=O) groups excluding carboxylic acids is 1. The average Bonchev–Trinajstić information content (AvgIpc) is 2.57. The molecular formula is C16H15F2NO5S. The van der Waals surface area contributed by atoms with E-state index in [1.54, 1.807) is 16.9 Å². The van der Waals surface area contributed by atoms with Crippen LogP contribution in [0.1, 0.15) is 6.92 Å². The summed E-state index contributed by atoms with van der Waals surface area (Å²) in [5.74, 6) is -2.27. The number of ether oxygens (including phenoxy) is 2. The molecule has 0 saturated carbocycles. The second-order valence-corrected chi connectivity index (χ2v) is 6.63. The summed E-state index contributed by atoms with van der Waals surface area (Å²) in [5.41, 5.74) is 0. The number of sulfonamides is 1. The standard InChI is InChI=1S/C16H15F2NO5S/c1-10(24-13-6-4-12(23-2)5-7-13)16(20)19-25(21,22)15-9-11(17)3-8-14(15)18/h3-10H,1-2H3,(H,19,20)/t10-/m1/s1. The van der Waals surface area contributed by atoms with E-state index >= 15 is 0 Å². The van der Waals surface area contributed by atoms with Crippen molar-refractivity contribution in [1.82, 2.24) is 4.72 Å². The van der Waals surface area contributed by atoms with Gasteiger partial charge in [0.25, 0.3) is 15.9 Å². The molecule has 0 fully saturated rings. The van der Waals surface area contributed by atoms with E-state index in [2.05, 4.69) is 0 Å². The molecular weight excluding hydrogens is 356 g/mol. The largest absolute Gasteiger partial charge is 0.497 e. The highest BCUT2D eigenvalue weighted by atomic mass is 32.2. The minimum absolute atomic E-state index is 0.304. The van der Waals surface area contributed by atoms with Crippen LogP contribution in [0.5, 0.6) is 11.5 Å². The van der Waals surface area contributed by atoms with Gasteiger partial charge in [0, 0.05) is 0 Å². The number of methoxy groups -OCH3 is 1. The Kier molecular flexibility index (Phi) is 5.58. The van der Waals surface area contributed by atoms with Crippen molar-refractivity contribution in [3.05, 3.63) is 54.1 Å². The Hall–Kier alpha value is -2.68. The third-order valence-electron chi connectivity index (χ3n) is 3.16. The van der Waals surface area contributed by atoms with Crippen LogP contribution < -0.4 is 14.2 Å². The minimum Gasteiger partial charge on any atom is -0.497 e. The molecule has 0 unspecified atom stereocenters.